The summed E-state index contributed by atoms with van der Waals surface area (Å²) in [5, 5.41) is 13.6. The molecule has 102 valence electrons. The lowest BCUT2D eigenvalue weighted by Crippen LogP contribution is -2.42. The van der Waals surface area contributed by atoms with Crippen LogP contribution in [0.4, 0.5) is 0 Å². The Hall–Kier alpha value is -0.120. The van der Waals surface area contributed by atoms with Crippen LogP contribution in [0.2, 0.25) is 0 Å². The van der Waals surface area contributed by atoms with Crippen molar-refractivity contribution in [3.63, 3.8) is 0 Å². The molecule has 1 fully saturated rings. The molecule has 0 bridgehead atoms. The second-order valence-electron chi connectivity index (χ2n) is 5.59. The number of unbranched alkanes of at least 4 members (excludes halogenated alkanes) is 1. The van der Waals surface area contributed by atoms with Gasteiger partial charge in [0.15, 0.2) is 0 Å². The van der Waals surface area contributed by atoms with E-state index in [-0.39, 0.29) is 0 Å². The van der Waals surface area contributed by atoms with Crippen LogP contribution in [0, 0.1) is 0 Å². The van der Waals surface area contributed by atoms with Gasteiger partial charge in [0.05, 0.1) is 11.7 Å². The second-order valence-corrected chi connectivity index (χ2v) is 5.59. The molecule has 0 atom stereocenters. The topological polar surface area (TPSA) is 41.5 Å². The molecule has 3 heteroatoms. The molecule has 0 unspecified atom stereocenters. The lowest BCUT2D eigenvalue weighted by molar-refractivity contribution is 0.00486. The summed E-state index contributed by atoms with van der Waals surface area (Å²) in [5.74, 6) is 0. The maximum atomic E-state index is 10.3. The fourth-order valence-corrected chi connectivity index (χ4v) is 2.38. The number of hydrogen-bond donors (Lipinski definition) is 2. The van der Waals surface area contributed by atoms with Crippen LogP contribution in [-0.2, 0) is 4.74 Å². The number of rotatable bonds is 8. The molecule has 0 aromatic heterocycles. The number of aliphatic hydroxyl groups is 1. The Kier molecular flexibility index (Phi) is 7.09. The molecule has 0 aromatic rings. The zero-order valence-corrected chi connectivity index (χ0v) is 11.5. The third-order valence-electron chi connectivity index (χ3n) is 3.44. The van der Waals surface area contributed by atoms with E-state index >= 15 is 0 Å². The van der Waals surface area contributed by atoms with Crippen molar-refractivity contribution in [1.29, 1.82) is 0 Å². The molecule has 0 aromatic carbocycles. The van der Waals surface area contributed by atoms with Gasteiger partial charge in [-0.15, -0.1) is 0 Å². The maximum absolute atomic E-state index is 10.3. The zero-order chi connectivity index (χ0) is 12.6. The molecule has 3 nitrogen and oxygen atoms in total. The Morgan fingerprint density at radius 1 is 1.18 bits per heavy atom. The molecule has 17 heavy (non-hydrogen) atoms. The van der Waals surface area contributed by atoms with Crippen LogP contribution in [0.1, 0.15) is 58.8 Å². The van der Waals surface area contributed by atoms with Crippen LogP contribution < -0.4 is 5.32 Å². The average molecular weight is 243 g/mol. The summed E-state index contributed by atoms with van der Waals surface area (Å²) in [6, 6.07) is 0. The van der Waals surface area contributed by atoms with Gasteiger partial charge in [-0.1, -0.05) is 19.3 Å². The van der Waals surface area contributed by atoms with Crippen LogP contribution >= 0.6 is 0 Å². The number of ether oxygens (including phenoxy) is 1. The standard InChI is InChI=1S/C14H29NO2/c1-13(2)17-11-7-6-10-15-12-14(16)8-4-3-5-9-14/h13,15-16H,3-12H2,1-2H3. The third kappa shape index (κ3) is 7.02. The van der Waals surface area contributed by atoms with Gasteiger partial charge in [0.1, 0.15) is 0 Å². The molecular weight excluding hydrogens is 214 g/mol. The smallest absolute Gasteiger partial charge is 0.0771 e. The van der Waals surface area contributed by atoms with E-state index in [4.69, 9.17) is 4.74 Å². The quantitative estimate of drug-likeness (QED) is 0.644. The molecule has 0 spiro atoms. The monoisotopic (exact) mass is 243 g/mol. The fourth-order valence-electron chi connectivity index (χ4n) is 2.38. The molecule has 0 heterocycles. The van der Waals surface area contributed by atoms with Gasteiger partial charge in [0.25, 0.3) is 0 Å². The van der Waals surface area contributed by atoms with Gasteiger partial charge < -0.3 is 15.2 Å². The highest BCUT2D eigenvalue weighted by molar-refractivity contribution is 4.84. The first kappa shape index (κ1) is 14.9. The summed E-state index contributed by atoms with van der Waals surface area (Å²) in [6.07, 6.45) is 8.15. The zero-order valence-electron chi connectivity index (χ0n) is 11.5. The normalized spacial score (nSPS) is 19.8. The van der Waals surface area contributed by atoms with E-state index < -0.39 is 5.60 Å². The highest BCUT2D eigenvalue weighted by Gasteiger charge is 2.28. The summed E-state index contributed by atoms with van der Waals surface area (Å²) in [5.41, 5.74) is -0.424. The van der Waals surface area contributed by atoms with Crippen molar-refractivity contribution in [1.82, 2.24) is 5.32 Å². The minimum Gasteiger partial charge on any atom is -0.389 e. The van der Waals surface area contributed by atoms with E-state index in [0.29, 0.717) is 6.10 Å². The molecule has 1 aliphatic rings. The van der Waals surface area contributed by atoms with Crippen molar-refractivity contribution in [3.8, 4) is 0 Å². The fraction of sp³-hybridized carbons (Fsp3) is 1.00. The molecule has 0 saturated heterocycles. The predicted octanol–water partition coefficient (Wildman–Crippen LogP) is 2.48. The third-order valence-corrected chi connectivity index (χ3v) is 3.44. The average Bonchev–Trinajstić information content (AvgIpc) is 2.28. The lowest BCUT2D eigenvalue weighted by Gasteiger charge is -2.32. The Balaban J connectivity index is 1.93. The summed E-state index contributed by atoms with van der Waals surface area (Å²) in [4.78, 5) is 0. The van der Waals surface area contributed by atoms with Crippen LogP contribution in [0.25, 0.3) is 0 Å². The van der Waals surface area contributed by atoms with Crippen molar-refractivity contribution in [2.75, 3.05) is 19.7 Å². The molecule has 0 amide bonds. The van der Waals surface area contributed by atoms with E-state index in [2.05, 4.69) is 19.2 Å². The van der Waals surface area contributed by atoms with Crippen LogP contribution in [-0.4, -0.2) is 36.5 Å². The first-order valence-electron chi connectivity index (χ1n) is 7.17. The van der Waals surface area contributed by atoms with Gasteiger partial charge in [-0.05, 0) is 46.1 Å². The highest BCUT2D eigenvalue weighted by Crippen LogP contribution is 2.27. The van der Waals surface area contributed by atoms with E-state index in [9.17, 15) is 5.11 Å². The van der Waals surface area contributed by atoms with Crippen molar-refractivity contribution in [2.24, 2.45) is 0 Å². The Bertz CT molecular complexity index is 189. The Morgan fingerprint density at radius 2 is 1.88 bits per heavy atom. The maximum Gasteiger partial charge on any atom is 0.0771 e. The summed E-state index contributed by atoms with van der Waals surface area (Å²) in [6.45, 7) is 6.74. The van der Waals surface area contributed by atoms with Gasteiger partial charge in [0.2, 0.25) is 0 Å². The van der Waals surface area contributed by atoms with Crippen molar-refractivity contribution >= 4 is 0 Å². The van der Waals surface area contributed by atoms with Crippen LogP contribution in [0.3, 0.4) is 0 Å². The van der Waals surface area contributed by atoms with E-state index in [0.717, 1.165) is 45.4 Å². The van der Waals surface area contributed by atoms with Crippen molar-refractivity contribution in [3.05, 3.63) is 0 Å². The number of hydrogen-bond acceptors (Lipinski definition) is 3. The lowest BCUT2D eigenvalue weighted by atomic mass is 9.85. The van der Waals surface area contributed by atoms with Gasteiger partial charge in [-0.2, -0.15) is 0 Å². The SMILES string of the molecule is CC(C)OCCCCNCC1(O)CCCCC1. The second kappa shape index (κ2) is 8.06. The Labute approximate surface area is 106 Å². The Morgan fingerprint density at radius 3 is 2.53 bits per heavy atom. The van der Waals surface area contributed by atoms with Gasteiger partial charge in [-0.3, -0.25) is 0 Å². The molecule has 1 rings (SSSR count). The summed E-state index contributed by atoms with van der Waals surface area (Å²) in [7, 11) is 0. The minimum absolute atomic E-state index is 0.339. The highest BCUT2D eigenvalue weighted by atomic mass is 16.5. The molecule has 1 saturated carbocycles. The molecular formula is C14H29NO2. The van der Waals surface area contributed by atoms with Gasteiger partial charge in [-0.25, -0.2) is 0 Å². The molecule has 0 radical (unpaired) electrons. The molecule has 1 aliphatic carbocycles. The summed E-state index contributed by atoms with van der Waals surface area (Å²) >= 11 is 0. The van der Waals surface area contributed by atoms with Crippen LogP contribution in [0.5, 0.6) is 0 Å². The van der Waals surface area contributed by atoms with Crippen molar-refractivity contribution in [2.45, 2.75) is 70.5 Å². The summed E-state index contributed by atoms with van der Waals surface area (Å²) < 4.78 is 5.48. The molecule has 0 aliphatic heterocycles. The minimum atomic E-state index is -0.424. The predicted molar refractivity (Wildman–Crippen MR) is 71.2 cm³/mol. The first-order chi connectivity index (χ1) is 8.12. The van der Waals surface area contributed by atoms with Crippen LogP contribution in [0.15, 0.2) is 0 Å². The van der Waals surface area contributed by atoms with Gasteiger partial charge >= 0.3 is 0 Å². The van der Waals surface area contributed by atoms with Gasteiger partial charge in [0, 0.05) is 13.2 Å². The van der Waals surface area contributed by atoms with E-state index in [1.165, 1.54) is 19.3 Å². The van der Waals surface area contributed by atoms with E-state index in [1.54, 1.807) is 0 Å². The van der Waals surface area contributed by atoms with Crippen molar-refractivity contribution < 1.29 is 9.84 Å². The largest absolute Gasteiger partial charge is 0.389 e. The van der Waals surface area contributed by atoms with E-state index in [1.807, 2.05) is 0 Å². The number of nitrogens with one attached hydrogen (secondary N) is 1. The first-order valence-corrected chi connectivity index (χ1v) is 7.17. The molecule has 2 N–H and O–H groups in total.